The molecule has 20 heavy (non-hydrogen) atoms. The lowest BCUT2D eigenvalue weighted by Crippen LogP contribution is -2.16. The Labute approximate surface area is 122 Å². The fraction of sp³-hybridized carbons (Fsp3) is 0.471. The molecule has 0 aliphatic heterocycles. The minimum atomic E-state index is 0.0694. The zero-order valence-electron chi connectivity index (χ0n) is 13.4. The van der Waals surface area contributed by atoms with E-state index in [0.29, 0.717) is 0 Å². The largest absolute Gasteiger partial charge is 0.381 e. The number of hydrogen-bond acceptors (Lipinski definition) is 2. The van der Waals surface area contributed by atoms with E-state index in [4.69, 9.17) is 0 Å². The van der Waals surface area contributed by atoms with Gasteiger partial charge >= 0.3 is 0 Å². The first-order chi connectivity index (χ1) is 9.27. The fourth-order valence-electron chi connectivity index (χ4n) is 2.42. The number of nitrogens with zero attached hydrogens (tertiary/aromatic N) is 2. The molecule has 2 rings (SSSR count). The standard InChI is InChI=1S/C17H25N3/c1-12-7-8-13(2)15(9-12)18-10-14-11-20(6)19-16(14)17(3,4)5/h7-9,11,18H,10H2,1-6H3. The average Bonchev–Trinajstić information content (AvgIpc) is 2.72. The molecule has 3 heteroatoms. The Morgan fingerprint density at radius 3 is 2.55 bits per heavy atom. The second-order valence-corrected chi connectivity index (χ2v) is 6.60. The van der Waals surface area contributed by atoms with Gasteiger partial charge in [0.05, 0.1) is 5.69 Å². The van der Waals surface area contributed by atoms with Crippen LogP contribution in [0.3, 0.4) is 0 Å². The van der Waals surface area contributed by atoms with Crippen molar-refractivity contribution in [2.75, 3.05) is 5.32 Å². The molecule has 108 valence electrons. The Morgan fingerprint density at radius 2 is 1.90 bits per heavy atom. The van der Waals surface area contributed by atoms with Crippen LogP contribution >= 0.6 is 0 Å². The highest BCUT2D eigenvalue weighted by molar-refractivity contribution is 5.53. The van der Waals surface area contributed by atoms with Crippen LogP contribution in [0.1, 0.15) is 43.2 Å². The molecule has 0 unspecified atom stereocenters. The summed E-state index contributed by atoms with van der Waals surface area (Å²) in [5.74, 6) is 0. The predicted molar refractivity (Wildman–Crippen MR) is 85.2 cm³/mol. The van der Waals surface area contributed by atoms with Gasteiger partial charge in [-0.15, -0.1) is 0 Å². The fourth-order valence-corrected chi connectivity index (χ4v) is 2.42. The molecule has 0 bridgehead atoms. The van der Waals surface area contributed by atoms with E-state index in [9.17, 15) is 0 Å². The van der Waals surface area contributed by atoms with E-state index in [-0.39, 0.29) is 5.41 Å². The van der Waals surface area contributed by atoms with Crippen LogP contribution < -0.4 is 5.32 Å². The van der Waals surface area contributed by atoms with Crippen molar-refractivity contribution in [3.8, 4) is 0 Å². The van der Waals surface area contributed by atoms with Crippen molar-refractivity contribution >= 4 is 5.69 Å². The smallest absolute Gasteiger partial charge is 0.0727 e. The highest BCUT2D eigenvalue weighted by atomic mass is 15.3. The summed E-state index contributed by atoms with van der Waals surface area (Å²) in [4.78, 5) is 0. The van der Waals surface area contributed by atoms with Crippen molar-refractivity contribution in [3.63, 3.8) is 0 Å². The van der Waals surface area contributed by atoms with Crippen molar-refractivity contribution in [1.29, 1.82) is 0 Å². The van der Waals surface area contributed by atoms with Gasteiger partial charge in [-0.3, -0.25) is 4.68 Å². The first kappa shape index (κ1) is 14.6. The molecule has 2 aromatic rings. The minimum absolute atomic E-state index is 0.0694. The number of aromatic nitrogens is 2. The van der Waals surface area contributed by atoms with Crippen LogP contribution in [0.4, 0.5) is 5.69 Å². The van der Waals surface area contributed by atoms with E-state index >= 15 is 0 Å². The third-order valence-corrected chi connectivity index (χ3v) is 3.48. The molecule has 0 spiro atoms. The summed E-state index contributed by atoms with van der Waals surface area (Å²) in [5, 5.41) is 8.15. The molecular weight excluding hydrogens is 246 g/mol. The second-order valence-electron chi connectivity index (χ2n) is 6.60. The normalized spacial score (nSPS) is 11.7. The molecule has 1 aromatic heterocycles. The second kappa shape index (κ2) is 5.31. The van der Waals surface area contributed by atoms with E-state index in [1.807, 2.05) is 11.7 Å². The van der Waals surface area contributed by atoms with Gasteiger partial charge in [0, 0.05) is 36.5 Å². The van der Waals surface area contributed by atoms with E-state index < -0.39 is 0 Å². The minimum Gasteiger partial charge on any atom is -0.381 e. The molecule has 0 aliphatic carbocycles. The van der Waals surface area contributed by atoms with Crippen LogP contribution in [0.2, 0.25) is 0 Å². The van der Waals surface area contributed by atoms with Crippen molar-refractivity contribution < 1.29 is 0 Å². The molecule has 0 saturated heterocycles. The van der Waals surface area contributed by atoms with Crippen LogP contribution in [0, 0.1) is 13.8 Å². The third-order valence-electron chi connectivity index (χ3n) is 3.48. The SMILES string of the molecule is Cc1ccc(C)c(NCc2cn(C)nc2C(C)(C)C)c1. The number of nitrogens with one attached hydrogen (secondary N) is 1. The van der Waals surface area contributed by atoms with Gasteiger partial charge in [-0.05, 0) is 31.0 Å². The molecule has 0 fully saturated rings. The van der Waals surface area contributed by atoms with Gasteiger partial charge in [0.2, 0.25) is 0 Å². The Balaban J connectivity index is 2.21. The van der Waals surface area contributed by atoms with Gasteiger partial charge in [0.25, 0.3) is 0 Å². The van der Waals surface area contributed by atoms with Crippen molar-refractivity contribution in [3.05, 3.63) is 46.8 Å². The van der Waals surface area contributed by atoms with E-state index in [1.54, 1.807) is 0 Å². The molecule has 1 N–H and O–H groups in total. The first-order valence-corrected chi connectivity index (χ1v) is 7.11. The van der Waals surface area contributed by atoms with Crippen molar-refractivity contribution in [2.24, 2.45) is 7.05 Å². The molecular formula is C17H25N3. The van der Waals surface area contributed by atoms with Gasteiger partial charge in [0.1, 0.15) is 0 Å². The first-order valence-electron chi connectivity index (χ1n) is 7.11. The molecule has 0 atom stereocenters. The van der Waals surface area contributed by atoms with E-state index in [1.165, 1.54) is 22.4 Å². The monoisotopic (exact) mass is 271 g/mol. The zero-order chi connectivity index (χ0) is 14.9. The van der Waals surface area contributed by atoms with Gasteiger partial charge in [-0.1, -0.05) is 32.9 Å². The molecule has 0 radical (unpaired) electrons. The summed E-state index contributed by atoms with van der Waals surface area (Å²) >= 11 is 0. The number of rotatable bonds is 3. The van der Waals surface area contributed by atoms with Crippen molar-refractivity contribution in [1.82, 2.24) is 9.78 Å². The Bertz CT molecular complexity index is 603. The molecule has 1 aromatic carbocycles. The van der Waals surface area contributed by atoms with Crippen molar-refractivity contribution in [2.45, 2.75) is 46.6 Å². The van der Waals surface area contributed by atoms with Gasteiger partial charge < -0.3 is 5.32 Å². The Morgan fingerprint density at radius 1 is 1.20 bits per heavy atom. The summed E-state index contributed by atoms with van der Waals surface area (Å²) in [7, 11) is 1.98. The predicted octanol–water partition coefficient (Wildman–Crippen LogP) is 3.95. The number of hydrogen-bond donors (Lipinski definition) is 1. The molecule has 1 heterocycles. The van der Waals surface area contributed by atoms with E-state index in [0.717, 1.165) is 12.2 Å². The zero-order valence-corrected chi connectivity index (χ0v) is 13.4. The quantitative estimate of drug-likeness (QED) is 0.916. The van der Waals surface area contributed by atoms with Gasteiger partial charge in [-0.2, -0.15) is 5.10 Å². The van der Waals surface area contributed by atoms with Crippen LogP contribution in [-0.2, 0) is 19.0 Å². The lowest BCUT2D eigenvalue weighted by atomic mass is 9.89. The van der Waals surface area contributed by atoms with Gasteiger partial charge in [0.15, 0.2) is 0 Å². The highest BCUT2D eigenvalue weighted by Gasteiger charge is 2.21. The molecule has 0 amide bonds. The summed E-state index contributed by atoms with van der Waals surface area (Å²) in [6.07, 6.45) is 2.11. The number of aryl methyl sites for hydroxylation is 3. The summed E-state index contributed by atoms with van der Waals surface area (Å²) < 4.78 is 1.90. The van der Waals surface area contributed by atoms with E-state index in [2.05, 4.69) is 69.4 Å². The Hall–Kier alpha value is -1.77. The van der Waals surface area contributed by atoms with Crippen LogP contribution in [0.5, 0.6) is 0 Å². The molecule has 3 nitrogen and oxygen atoms in total. The van der Waals surface area contributed by atoms with Gasteiger partial charge in [-0.25, -0.2) is 0 Å². The van der Waals surface area contributed by atoms with Crippen LogP contribution in [0.15, 0.2) is 24.4 Å². The lowest BCUT2D eigenvalue weighted by molar-refractivity contribution is 0.549. The maximum absolute atomic E-state index is 4.61. The maximum Gasteiger partial charge on any atom is 0.0727 e. The third kappa shape index (κ3) is 3.21. The summed E-state index contributed by atoms with van der Waals surface area (Å²) in [6.45, 7) is 11.7. The highest BCUT2D eigenvalue weighted by Crippen LogP contribution is 2.25. The summed E-state index contributed by atoms with van der Waals surface area (Å²) in [5.41, 5.74) is 6.25. The summed E-state index contributed by atoms with van der Waals surface area (Å²) in [6, 6.07) is 6.50. The molecule has 0 saturated carbocycles. The van der Waals surface area contributed by atoms with Crippen LogP contribution in [-0.4, -0.2) is 9.78 Å². The Kier molecular flexibility index (Phi) is 3.89. The molecule has 0 aliphatic rings. The number of anilines is 1. The topological polar surface area (TPSA) is 29.9 Å². The lowest BCUT2D eigenvalue weighted by Gasteiger charge is -2.18. The average molecular weight is 271 g/mol. The maximum atomic E-state index is 4.61. The van der Waals surface area contributed by atoms with Crippen LogP contribution in [0.25, 0.3) is 0 Å². The number of benzene rings is 1.